The van der Waals surface area contributed by atoms with Crippen molar-refractivity contribution >= 4 is 28.4 Å². The van der Waals surface area contributed by atoms with E-state index in [-0.39, 0.29) is 0 Å². The van der Waals surface area contributed by atoms with Crippen LogP contribution in [0.15, 0.2) is 42.7 Å². The smallest absolute Gasteiger partial charge is 0.212 e. The lowest BCUT2D eigenvalue weighted by Gasteiger charge is -1.97. The van der Waals surface area contributed by atoms with E-state index in [1.807, 2.05) is 28.8 Å². The van der Waals surface area contributed by atoms with Crippen molar-refractivity contribution in [2.45, 2.75) is 0 Å². The molecule has 0 aliphatic carbocycles. The fraction of sp³-hybridized carbons (Fsp3) is 0. The molecule has 0 radical (unpaired) electrons. The SMILES string of the molecule is Ic1c(-c2ccccc2)[nH]c2nccn12. The maximum atomic E-state index is 4.23. The predicted octanol–water partition coefficient (Wildman–Crippen LogP) is 2.93. The number of aromatic amines is 1. The average Bonchev–Trinajstić information content (AvgIpc) is 2.83. The van der Waals surface area contributed by atoms with Crippen LogP contribution in [0.1, 0.15) is 0 Å². The van der Waals surface area contributed by atoms with Gasteiger partial charge in [0.25, 0.3) is 0 Å². The highest BCUT2D eigenvalue weighted by atomic mass is 127. The molecule has 0 saturated carbocycles. The molecule has 0 fully saturated rings. The Morgan fingerprint density at radius 1 is 1.20 bits per heavy atom. The van der Waals surface area contributed by atoms with Gasteiger partial charge in [0, 0.05) is 18.0 Å². The molecule has 0 spiro atoms. The molecule has 0 saturated heterocycles. The Morgan fingerprint density at radius 2 is 2.00 bits per heavy atom. The first kappa shape index (κ1) is 8.96. The van der Waals surface area contributed by atoms with Crippen LogP contribution in [0.25, 0.3) is 17.0 Å². The van der Waals surface area contributed by atoms with E-state index in [1.165, 1.54) is 5.56 Å². The number of hydrogen-bond donors (Lipinski definition) is 1. The summed E-state index contributed by atoms with van der Waals surface area (Å²) in [6, 6.07) is 10.3. The number of imidazole rings is 2. The zero-order chi connectivity index (χ0) is 10.3. The molecule has 1 N–H and O–H groups in total. The van der Waals surface area contributed by atoms with Gasteiger partial charge in [0.2, 0.25) is 5.78 Å². The van der Waals surface area contributed by atoms with Gasteiger partial charge in [-0.3, -0.25) is 4.40 Å². The topological polar surface area (TPSA) is 33.1 Å². The molecule has 3 nitrogen and oxygen atoms in total. The van der Waals surface area contributed by atoms with Crippen LogP contribution in [0.3, 0.4) is 0 Å². The van der Waals surface area contributed by atoms with E-state index in [1.54, 1.807) is 6.20 Å². The minimum Gasteiger partial charge on any atom is -0.323 e. The van der Waals surface area contributed by atoms with E-state index in [2.05, 4.69) is 44.7 Å². The number of H-pyrrole nitrogens is 1. The largest absolute Gasteiger partial charge is 0.323 e. The Bertz CT molecular complexity index is 595. The number of nitrogens with zero attached hydrogens (tertiary/aromatic N) is 2. The Hall–Kier alpha value is -1.30. The van der Waals surface area contributed by atoms with E-state index in [0.717, 1.165) is 15.2 Å². The first-order valence-corrected chi connectivity index (χ1v) is 5.70. The first-order valence-electron chi connectivity index (χ1n) is 4.62. The van der Waals surface area contributed by atoms with E-state index < -0.39 is 0 Å². The van der Waals surface area contributed by atoms with Gasteiger partial charge in [0.15, 0.2) is 0 Å². The molecule has 1 aromatic carbocycles. The molecule has 3 aromatic rings. The molecule has 0 amide bonds. The van der Waals surface area contributed by atoms with E-state index in [9.17, 15) is 0 Å². The summed E-state index contributed by atoms with van der Waals surface area (Å²) in [6.07, 6.45) is 3.75. The van der Waals surface area contributed by atoms with Crippen LogP contribution in [-0.2, 0) is 0 Å². The standard InChI is InChI=1S/C11H8IN3/c12-10-9(8-4-2-1-3-5-8)14-11-13-6-7-15(10)11/h1-7H,(H,13,14). The fourth-order valence-electron chi connectivity index (χ4n) is 1.63. The summed E-state index contributed by atoms with van der Waals surface area (Å²) in [7, 11) is 0. The molecule has 0 bridgehead atoms. The zero-order valence-electron chi connectivity index (χ0n) is 7.81. The second-order valence-corrected chi connectivity index (χ2v) is 4.30. The highest BCUT2D eigenvalue weighted by Crippen LogP contribution is 2.24. The highest BCUT2D eigenvalue weighted by Gasteiger charge is 2.09. The third-order valence-electron chi connectivity index (χ3n) is 2.36. The van der Waals surface area contributed by atoms with E-state index in [4.69, 9.17) is 0 Å². The van der Waals surface area contributed by atoms with Crippen LogP contribution in [0.5, 0.6) is 0 Å². The van der Waals surface area contributed by atoms with Crippen molar-refractivity contribution in [3.8, 4) is 11.3 Å². The molecular weight excluding hydrogens is 301 g/mol. The van der Waals surface area contributed by atoms with Gasteiger partial charge in [-0.1, -0.05) is 30.3 Å². The first-order chi connectivity index (χ1) is 7.36. The van der Waals surface area contributed by atoms with Crippen molar-refractivity contribution in [2.24, 2.45) is 0 Å². The van der Waals surface area contributed by atoms with Gasteiger partial charge in [-0.05, 0) is 22.6 Å². The minimum absolute atomic E-state index is 0.887. The molecule has 3 rings (SSSR count). The fourth-order valence-corrected chi connectivity index (χ4v) is 2.47. The predicted molar refractivity (Wildman–Crippen MR) is 67.7 cm³/mol. The molecule has 2 heterocycles. The average molecular weight is 309 g/mol. The lowest BCUT2D eigenvalue weighted by atomic mass is 10.2. The monoisotopic (exact) mass is 309 g/mol. The Labute approximate surface area is 100 Å². The summed E-state index contributed by atoms with van der Waals surface area (Å²) < 4.78 is 3.20. The molecule has 2 aromatic heterocycles. The summed E-state index contributed by atoms with van der Waals surface area (Å²) in [5.74, 6) is 0.887. The molecule has 0 unspecified atom stereocenters. The zero-order valence-corrected chi connectivity index (χ0v) is 9.97. The van der Waals surface area contributed by atoms with Gasteiger partial charge in [-0.25, -0.2) is 4.98 Å². The minimum atomic E-state index is 0.887. The summed E-state index contributed by atoms with van der Waals surface area (Å²) in [4.78, 5) is 7.53. The molecule has 74 valence electrons. The number of nitrogens with one attached hydrogen (secondary N) is 1. The number of rotatable bonds is 1. The number of aromatic nitrogens is 3. The maximum Gasteiger partial charge on any atom is 0.212 e. The summed E-state index contributed by atoms with van der Waals surface area (Å²) in [5.41, 5.74) is 2.31. The number of halogens is 1. The van der Waals surface area contributed by atoms with Crippen LogP contribution in [0.2, 0.25) is 0 Å². The van der Waals surface area contributed by atoms with Crippen molar-refractivity contribution in [1.29, 1.82) is 0 Å². The second kappa shape index (κ2) is 3.37. The Balaban J connectivity index is 2.27. The lowest BCUT2D eigenvalue weighted by molar-refractivity contribution is 1.17. The van der Waals surface area contributed by atoms with Gasteiger partial charge in [0.05, 0.1) is 5.69 Å². The molecule has 15 heavy (non-hydrogen) atoms. The van der Waals surface area contributed by atoms with Crippen LogP contribution in [0, 0.1) is 3.70 Å². The third-order valence-corrected chi connectivity index (χ3v) is 3.42. The highest BCUT2D eigenvalue weighted by molar-refractivity contribution is 14.1. The second-order valence-electron chi connectivity index (χ2n) is 3.28. The molecule has 4 heteroatoms. The van der Waals surface area contributed by atoms with Crippen molar-refractivity contribution in [3.05, 3.63) is 46.4 Å². The van der Waals surface area contributed by atoms with E-state index >= 15 is 0 Å². The van der Waals surface area contributed by atoms with Gasteiger partial charge < -0.3 is 4.98 Å². The number of fused-ring (bicyclic) bond motifs is 1. The lowest BCUT2D eigenvalue weighted by Crippen LogP contribution is -1.82. The van der Waals surface area contributed by atoms with Crippen LogP contribution in [0.4, 0.5) is 0 Å². The van der Waals surface area contributed by atoms with Gasteiger partial charge in [-0.15, -0.1) is 0 Å². The molecular formula is C11H8IN3. The molecule has 0 atom stereocenters. The summed E-state index contributed by atoms with van der Waals surface area (Å²) in [6.45, 7) is 0. The van der Waals surface area contributed by atoms with Crippen molar-refractivity contribution in [2.75, 3.05) is 0 Å². The van der Waals surface area contributed by atoms with Crippen LogP contribution in [-0.4, -0.2) is 14.4 Å². The maximum absolute atomic E-state index is 4.23. The number of benzene rings is 1. The van der Waals surface area contributed by atoms with Crippen LogP contribution >= 0.6 is 22.6 Å². The normalized spacial score (nSPS) is 11.0. The van der Waals surface area contributed by atoms with Crippen molar-refractivity contribution in [1.82, 2.24) is 14.4 Å². The van der Waals surface area contributed by atoms with Crippen LogP contribution < -0.4 is 0 Å². The summed E-state index contributed by atoms with van der Waals surface area (Å²) in [5, 5.41) is 0. The van der Waals surface area contributed by atoms with Crippen molar-refractivity contribution in [3.63, 3.8) is 0 Å². The Morgan fingerprint density at radius 3 is 2.73 bits per heavy atom. The van der Waals surface area contributed by atoms with Gasteiger partial charge >= 0.3 is 0 Å². The number of hydrogen-bond acceptors (Lipinski definition) is 1. The molecule has 0 aliphatic heterocycles. The van der Waals surface area contributed by atoms with Gasteiger partial charge in [0.1, 0.15) is 3.70 Å². The van der Waals surface area contributed by atoms with Crippen molar-refractivity contribution < 1.29 is 0 Å². The molecule has 0 aliphatic rings. The Kier molecular flexibility index (Phi) is 2.02. The third kappa shape index (κ3) is 1.36. The van der Waals surface area contributed by atoms with E-state index in [0.29, 0.717) is 0 Å². The summed E-state index contributed by atoms with van der Waals surface area (Å²) >= 11 is 2.33. The quantitative estimate of drug-likeness (QED) is 0.689. The van der Waals surface area contributed by atoms with Gasteiger partial charge in [-0.2, -0.15) is 0 Å².